The molecule has 9 heteroatoms. The molecule has 0 N–H and O–H groups in total. The van der Waals surface area contributed by atoms with Gasteiger partial charge >= 0.3 is 12.1 Å². The van der Waals surface area contributed by atoms with Crippen LogP contribution in [0.25, 0.3) is 0 Å². The molecule has 1 heterocycles. The number of aryl methyl sites for hydroxylation is 1. The van der Waals surface area contributed by atoms with Crippen LogP contribution >= 0.6 is 0 Å². The molecule has 1 fully saturated rings. The molecular weight excluding hydrogens is 365 g/mol. The lowest BCUT2D eigenvalue weighted by molar-refractivity contribution is -0.185. The largest absolute Gasteiger partial charge is 0.493 e. The van der Waals surface area contributed by atoms with E-state index in [4.69, 9.17) is 9.47 Å². The van der Waals surface area contributed by atoms with Crippen LogP contribution in [0.15, 0.2) is 18.2 Å². The van der Waals surface area contributed by atoms with Crippen LogP contribution in [0.2, 0.25) is 0 Å². The van der Waals surface area contributed by atoms with Gasteiger partial charge in [0.05, 0.1) is 14.2 Å². The van der Waals surface area contributed by atoms with Crippen molar-refractivity contribution in [3.63, 3.8) is 0 Å². The van der Waals surface area contributed by atoms with E-state index in [0.29, 0.717) is 30.9 Å². The van der Waals surface area contributed by atoms with Crippen molar-refractivity contribution >= 4 is 11.8 Å². The molecule has 0 aromatic heterocycles. The fraction of sp³-hybridized carbons (Fsp3) is 0.556. The van der Waals surface area contributed by atoms with Crippen LogP contribution in [0.4, 0.5) is 13.2 Å². The Kier molecular flexibility index (Phi) is 6.92. The quantitative estimate of drug-likeness (QED) is 0.777. The second kappa shape index (κ2) is 8.96. The predicted octanol–water partition coefficient (Wildman–Crippen LogP) is 2.26. The van der Waals surface area contributed by atoms with Gasteiger partial charge in [0.2, 0.25) is 5.91 Å². The second-order valence-corrected chi connectivity index (χ2v) is 6.21. The number of carbonyl (C=O) groups excluding carboxylic acids is 2. The maximum atomic E-state index is 12.6. The molecule has 2 rings (SSSR count). The zero-order valence-corrected chi connectivity index (χ0v) is 15.3. The summed E-state index contributed by atoms with van der Waals surface area (Å²) in [6.45, 7) is 0.331. The SMILES string of the molecule is COc1ccc(CCC(=O)N2CCCN(C(=O)C(F)(F)F)CC2)cc1OC. The van der Waals surface area contributed by atoms with Crippen molar-refractivity contribution in [2.45, 2.75) is 25.4 Å². The van der Waals surface area contributed by atoms with Crippen molar-refractivity contribution in [1.29, 1.82) is 0 Å². The lowest BCUT2D eigenvalue weighted by Gasteiger charge is -2.23. The monoisotopic (exact) mass is 388 g/mol. The number of ether oxygens (including phenoxy) is 2. The van der Waals surface area contributed by atoms with Crippen LogP contribution in [-0.4, -0.2) is 68.2 Å². The first kappa shape index (κ1) is 20.9. The molecule has 150 valence electrons. The first-order chi connectivity index (χ1) is 12.8. The second-order valence-electron chi connectivity index (χ2n) is 6.21. The number of alkyl halides is 3. The molecule has 1 saturated heterocycles. The average molecular weight is 388 g/mol. The molecule has 1 aromatic carbocycles. The number of benzene rings is 1. The molecule has 0 bridgehead atoms. The minimum absolute atomic E-state index is 0.00218. The van der Waals surface area contributed by atoms with E-state index in [0.717, 1.165) is 10.5 Å². The Hall–Kier alpha value is -2.45. The van der Waals surface area contributed by atoms with Crippen LogP contribution in [0, 0.1) is 0 Å². The van der Waals surface area contributed by atoms with Gasteiger partial charge in [-0.15, -0.1) is 0 Å². The Bertz CT molecular complexity index is 679. The molecule has 27 heavy (non-hydrogen) atoms. The Balaban J connectivity index is 1.90. The van der Waals surface area contributed by atoms with Crippen molar-refractivity contribution in [2.24, 2.45) is 0 Å². The van der Waals surface area contributed by atoms with Crippen LogP contribution in [-0.2, 0) is 16.0 Å². The summed E-state index contributed by atoms with van der Waals surface area (Å²) in [5, 5.41) is 0. The Labute approximate surface area is 155 Å². The summed E-state index contributed by atoms with van der Waals surface area (Å²) in [6, 6.07) is 5.38. The summed E-state index contributed by atoms with van der Waals surface area (Å²) in [7, 11) is 3.06. The number of halogens is 3. The number of hydrogen-bond donors (Lipinski definition) is 0. The van der Waals surface area contributed by atoms with Gasteiger partial charge in [-0.2, -0.15) is 13.2 Å². The molecule has 1 aliphatic rings. The Morgan fingerprint density at radius 2 is 1.63 bits per heavy atom. The highest BCUT2D eigenvalue weighted by Crippen LogP contribution is 2.28. The highest BCUT2D eigenvalue weighted by molar-refractivity contribution is 5.82. The zero-order valence-electron chi connectivity index (χ0n) is 15.3. The predicted molar refractivity (Wildman–Crippen MR) is 91.7 cm³/mol. The molecule has 6 nitrogen and oxygen atoms in total. The minimum atomic E-state index is -4.88. The summed E-state index contributed by atoms with van der Waals surface area (Å²) in [5.74, 6) is -0.832. The third-order valence-electron chi connectivity index (χ3n) is 4.45. The fourth-order valence-corrected chi connectivity index (χ4v) is 2.99. The normalized spacial score (nSPS) is 15.3. The van der Waals surface area contributed by atoms with Gasteiger partial charge in [-0.3, -0.25) is 9.59 Å². The highest BCUT2D eigenvalue weighted by atomic mass is 19.4. The molecule has 0 spiro atoms. The standard InChI is InChI=1S/C18H23F3N2O4/c1-26-14-6-4-13(12-15(14)27-2)5-7-16(24)22-8-3-9-23(11-10-22)17(25)18(19,20)21/h4,6,12H,3,5,7-11H2,1-2H3. The molecule has 1 aliphatic heterocycles. The molecular formula is C18H23F3N2O4. The van der Waals surface area contributed by atoms with Gasteiger partial charge < -0.3 is 19.3 Å². The fourth-order valence-electron chi connectivity index (χ4n) is 2.99. The molecule has 0 saturated carbocycles. The summed E-state index contributed by atoms with van der Waals surface area (Å²) in [4.78, 5) is 26.1. The van der Waals surface area contributed by atoms with Crippen LogP contribution in [0.3, 0.4) is 0 Å². The maximum Gasteiger partial charge on any atom is 0.471 e. The van der Waals surface area contributed by atoms with Gasteiger partial charge in [0.1, 0.15) is 0 Å². The topological polar surface area (TPSA) is 59.1 Å². The van der Waals surface area contributed by atoms with Crippen molar-refractivity contribution in [1.82, 2.24) is 9.80 Å². The van der Waals surface area contributed by atoms with E-state index >= 15 is 0 Å². The first-order valence-corrected chi connectivity index (χ1v) is 8.61. The number of nitrogens with zero attached hydrogens (tertiary/aromatic N) is 2. The maximum absolute atomic E-state index is 12.6. The summed E-state index contributed by atoms with van der Waals surface area (Å²) >= 11 is 0. The lowest BCUT2D eigenvalue weighted by Crippen LogP contribution is -2.43. The summed E-state index contributed by atoms with van der Waals surface area (Å²) in [5.41, 5.74) is 0.893. The van der Waals surface area contributed by atoms with Crippen molar-refractivity contribution in [3.8, 4) is 11.5 Å². The molecule has 2 amide bonds. The van der Waals surface area contributed by atoms with E-state index in [1.807, 2.05) is 6.07 Å². The van der Waals surface area contributed by atoms with Crippen LogP contribution < -0.4 is 9.47 Å². The summed E-state index contributed by atoms with van der Waals surface area (Å²) in [6.07, 6.45) is -3.86. The van der Waals surface area contributed by atoms with Crippen molar-refractivity contribution in [3.05, 3.63) is 23.8 Å². The third-order valence-corrected chi connectivity index (χ3v) is 4.45. The van der Waals surface area contributed by atoms with E-state index in [1.54, 1.807) is 12.1 Å². The summed E-state index contributed by atoms with van der Waals surface area (Å²) < 4.78 is 48.1. The third kappa shape index (κ3) is 5.51. The lowest BCUT2D eigenvalue weighted by atomic mass is 10.1. The van der Waals surface area contributed by atoms with Crippen molar-refractivity contribution < 1.29 is 32.2 Å². The number of amides is 2. The Morgan fingerprint density at radius 3 is 2.26 bits per heavy atom. The molecule has 1 aromatic rings. The van der Waals surface area contributed by atoms with E-state index in [9.17, 15) is 22.8 Å². The van der Waals surface area contributed by atoms with E-state index in [-0.39, 0.29) is 32.0 Å². The van der Waals surface area contributed by atoms with Gasteiger partial charge in [0.15, 0.2) is 11.5 Å². The highest BCUT2D eigenvalue weighted by Gasteiger charge is 2.42. The number of methoxy groups -OCH3 is 2. The van der Waals surface area contributed by atoms with E-state index < -0.39 is 12.1 Å². The van der Waals surface area contributed by atoms with Crippen LogP contribution in [0.1, 0.15) is 18.4 Å². The molecule has 0 radical (unpaired) electrons. The molecule has 0 aliphatic carbocycles. The van der Waals surface area contributed by atoms with Crippen LogP contribution in [0.5, 0.6) is 11.5 Å². The zero-order chi connectivity index (χ0) is 20.0. The Morgan fingerprint density at radius 1 is 1.00 bits per heavy atom. The van der Waals surface area contributed by atoms with Gasteiger partial charge in [-0.05, 0) is 30.5 Å². The van der Waals surface area contributed by atoms with Gasteiger partial charge in [-0.1, -0.05) is 6.07 Å². The minimum Gasteiger partial charge on any atom is -0.493 e. The molecule has 0 atom stereocenters. The van der Waals surface area contributed by atoms with Gasteiger partial charge in [0, 0.05) is 32.6 Å². The van der Waals surface area contributed by atoms with Gasteiger partial charge in [-0.25, -0.2) is 0 Å². The smallest absolute Gasteiger partial charge is 0.471 e. The van der Waals surface area contributed by atoms with E-state index in [1.165, 1.54) is 19.1 Å². The number of rotatable bonds is 5. The number of hydrogen-bond acceptors (Lipinski definition) is 4. The van der Waals surface area contributed by atoms with E-state index in [2.05, 4.69) is 0 Å². The van der Waals surface area contributed by atoms with Crippen molar-refractivity contribution in [2.75, 3.05) is 40.4 Å². The average Bonchev–Trinajstić information content (AvgIpc) is 2.90. The van der Waals surface area contributed by atoms with Gasteiger partial charge in [0.25, 0.3) is 0 Å². The number of carbonyl (C=O) groups is 2. The first-order valence-electron chi connectivity index (χ1n) is 8.61. The molecule has 0 unspecified atom stereocenters.